The first-order valence-corrected chi connectivity index (χ1v) is 8.61. The van der Waals surface area contributed by atoms with Crippen LogP contribution in [0.3, 0.4) is 0 Å². The molecule has 1 N–H and O–H groups in total. The van der Waals surface area contributed by atoms with E-state index in [1.54, 1.807) is 0 Å². The molecule has 0 spiro atoms. The summed E-state index contributed by atoms with van der Waals surface area (Å²) in [5.74, 6) is 0.675. The lowest BCUT2D eigenvalue weighted by molar-refractivity contribution is -0.119. The maximum atomic E-state index is 11.8. The lowest BCUT2D eigenvalue weighted by atomic mass is 10.1. The summed E-state index contributed by atoms with van der Waals surface area (Å²) in [4.78, 5) is 11.8. The van der Waals surface area contributed by atoms with Crippen LogP contribution in [-0.2, 0) is 9.53 Å². The van der Waals surface area contributed by atoms with Gasteiger partial charge >= 0.3 is 0 Å². The number of nitrogens with one attached hydrogen (secondary N) is 1. The van der Waals surface area contributed by atoms with E-state index in [1.807, 2.05) is 31.2 Å². The molecule has 1 aliphatic rings. The van der Waals surface area contributed by atoms with Gasteiger partial charge in [0.05, 0.1) is 11.9 Å². The molecule has 0 saturated carbocycles. The maximum absolute atomic E-state index is 11.8. The van der Waals surface area contributed by atoms with Crippen molar-refractivity contribution in [3.05, 3.63) is 29.8 Å². The van der Waals surface area contributed by atoms with Crippen molar-refractivity contribution >= 4 is 17.7 Å². The highest BCUT2D eigenvalue weighted by atomic mass is 32.2. The Labute approximate surface area is 139 Å². The van der Waals surface area contributed by atoms with Crippen molar-refractivity contribution in [3.63, 3.8) is 0 Å². The van der Waals surface area contributed by atoms with Gasteiger partial charge < -0.3 is 14.5 Å². The first-order chi connectivity index (χ1) is 11.2. The molecular formula is C16H19N3O3S. The van der Waals surface area contributed by atoms with Crippen molar-refractivity contribution < 1.29 is 13.9 Å². The monoisotopic (exact) mass is 333 g/mol. The summed E-state index contributed by atoms with van der Waals surface area (Å²) >= 11 is 1.24. The number of thioether (sulfide) groups is 1. The normalized spacial score (nSPS) is 17.3. The third-order valence-electron chi connectivity index (χ3n) is 3.66. The van der Waals surface area contributed by atoms with Gasteiger partial charge in [0.2, 0.25) is 11.8 Å². The van der Waals surface area contributed by atoms with E-state index in [2.05, 4.69) is 15.5 Å². The van der Waals surface area contributed by atoms with Gasteiger partial charge in [0.25, 0.3) is 5.22 Å². The number of aryl methyl sites for hydroxylation is 1. The summed E-state index contributed by atoms with van der Waals surface area (Å²) in [5, 5.41) is 11.3. The molecule has 0 unspecified atom stereocenters. The van der Waals surface area contributed by atoms with Crippen molar-refractivity contribution in [1.29, 1.82) is 0 Å². The molecule has 1 amide bonds. The second kappa shape index (κ2) is 7.61. The van der Waals surface area contributed by atoms with Crippen LogP contribution >= 0.6 is 11.8 Å². The Morgan fingerprint density at radius 2 is 2.26 bits per heavy atom. The van der Waals surface area contributed by atoms with E-state index in [4.69, 9.17) is 9.15 Å². The lowest BCUT2D eigenvalue weighted by Gasteiger charge is -2.09. The number of ether oxygens (including phenoxy) is 1. The van der Waals surface area contributed by atoms with Crippen LogP contribution in [0.1, 0.15) is 18.4 Å². The molecule has 122 valence electrons. The van der Waals surface area contributed by atoms with Crippen molar-refractivity contribution in [1.82, 2.24) is 15.5 Å². The Balaban J connectivity index is 1.49. The molecule has 1 aliphatic heterocycles. The van der Waals surface area contributed by atoms with E-state index in [9.17, 15) is 4.79 Å². The molecule has 6 nitrogen and oxygen atoms in total. The third kappa shape index (κ3) is 4.33. The maximum Gasteiger partial charge on any atom is 0.277 e. The van der Waals surface area contributed by atoms with Gasteiger partial charge in [-0.2, -0.15) is 0 Å². The van der Waals surface area contributed by atoms with Crippen LogP contribution in [0.25, 0.3) is 11.5 Å². The van der Waals surface area contributed by atoms with Crippen molar-refractivity contribution in [2.45, 2.75) is 31.1 Å². The number of hydrogen-bond donors (Lipinski definition) is 1. The van der Waals surface area contributed by atoms with Gasteiger partial charge in [-0.25, -0.2) is 0 Å². The zero-order chi connectivity index (χ0) is 16.1. The molecule has 1 aromatic carbocycles. The summed E-state index contributed by atoms with van der Waals surface area (Å²) in [6.45, 7) is 3.35. The van der Waals surface area contributed by atoms with Crippen LogP contribution in [0.15, 0.2) is 33.9 Å². The van der Waals surface area contributed by atoms with Gasteiger partial charge in [-0.15, -0.1) is 10.2 Å². The number of carbonyl (C=O) groups is 1. The second-order valence-electron chi connectivity index (χ2n) is 5.42. The Hall–Kier alpha value is -1.86. The topological polar surface area (TPSA) is 77.2 Å². The van der Waals surface area contributed by atoms with Gasteiger partial charge in [-0.05, 0) is 31.4 Å². The number of benzene rings is 1. The molecule has 2 heterocycles. The van der Waals surface area contributed by atoms with Crippen molar-refractivity contribution in [3.8, 4) is 11.5 Å². The summed E-state index contributed by atoms with van der Waals surface area (Å²) in [5.41, 5.74) is 1.98. The van der Waals surface area contributed by atoms with Gasteiger partial charge in [0, 0.05) is 18.7 Å². The van der Waals surface area contributed by atoms with E-state index >= 15 is 0 Å². The minimum Gasteiger partial charge on any atom is -0.411 e. The molecule has 2 aromatic rings. The van der Waals surface area contributed by atoms with E-state index in [0.717, 1.165) is 30.6 Å². The lowest BCUT2D eigenvalue weighted by Crippen LogP contribution is -2.32. The molecule has 0 bridgehead atoms. The quantitative estimate of drug-likeness (QED) is 0.818. The summed E-state index contributed by atoms with van der Waals surface area (Å²) in [6, 6.07) is 7.82. The fourth-order valence-electron chi connectivity index (χ4n) is 2.40. The first-order valence-electron chi connectivity index (χ1n) is 7.63. The molecule has 7 heteroatoms. The molecule has 1 atom stereocenters. The minimum atomic E-state index is -0.0545. The number of hydrogen-bond acceptors (Lipinski definition) is 6. The van der Waals surface area contributed by atoms with Crippen LogP contribution < -0.4 is 5.32 Å². The smallest absolute Gasteiger partial charge is 0.277 e. The Bertz CT molecular complexity index is 668. The number of carbonyl (C=O) groups excluding carboxylic acids is 1. The number of rotatable bonds is 6. The molecule has 1 aromatic heterocycles. The van der Waals surface area contributed by atoms with E-state index in [-0.39, 0.29) is 17.8 Å². The molecule has 23 heavy (non-hydrogen) atoms. The summed E-state index contributed by atoms with van der Waals surface area (Å²) < 4.78 is 11.1. The number of nitrogens with zero attached hydrogens (tertiary/aromatic N) is 2. The Morgan fingerprint density at radius 3 is 3.04 bits per heavy atom. The van der Waals surface area contributed by atoms with Gasteiger partial charge in [0.1, 0.15) is 0 Å². The largest absolute Gasteiger partial charge is 0.411 e. The van der Waals surface area contributed by atoms with Gasteiger partial charge in [0.15, 0.2) is 0 Å². The molecule has 1 saturated heterocycles. The SMILES string of the molecule is Cc1ccccc1-c1nnc(SCC(=O)NC[C@H]2CCCO2)o1. The fourth-order valence-corrected chi connectivity index (χ4v) is 2.99. The molecule has 3 rings (SSSR count). The summed E-state index contributed by atoms with van der Waals surface area (Å²) in [7, 11) is 0. The zero-order valence-electron chi connectivity index (χ0n) is 12.9. The highest BCUT2D eigenvalue weighted by Gasteiger charge is 2.17. The number of aromatic nitrogens is 2. The predicted molar refractivity (Wildman–Crippen MR) is 87.2 cm³/mol. The van der Waals surface area contributed by atoms with Crippen LogP contribution in [0.5, 0.6) is 0 Å². The molecule has 0 radical (unpaired) electrons. The van der Waals surface area contributed by atoms with E-state index in [0.29, 0.717) is 17.7 Å². The highest BCUT2D eigenvalue weighted by molar-refractivity contribution is 7.99. The molecular weight excluding hydrogens is 314 g/mol. The van der Waals surface area contributed by atoms with E-state index in [1.165, 1.54) is 11.8 Å². The predicted octanol–water partition coefficient (Wildman–Crippen LogP) is 2.43. The van der Waals surface area contributed by atoms with Crippen LogP contribution in [0.4, 0.5) is 0 Å². The zero-order valence-corrected chi connectivity index (χ0v) is 13.8. The second-order valence-corrected chi connectivity index (χ2v) is 6.34. The van der Waals surface area contributed by atoms with Crippen LogP contribution in [0.2, 0.25) is 0 Å². The fraction of sp³-hybridized carbons (Fsp3) is 0.438. The molecule has 0 aliphatic carbocycles. The van der Waals surface area contributed by atoms with Crippen LogP contribution in [-0.4, -0.2) is 41.1 Å². The Morgan fingerprint density at radius 1 is 1.39 bits per heavy atom. The van der Waals surface area contributed by atoms with Gasteiger partial charge in [-0.1, -0.05) is 30.0 Å². The average Bonchev–Trinajstić information content (AvgIpc) is 3.23. The van der Waals surface area contributed by atoms with Crippen molar-refractivity contribution in [2.24, 2.45) is 0 Å². The van der Waals surface area contributed by atoms with Crippen molar-refractivity contribution in [2.75, 3.05) is 18.9 Å². The van der Waals surface area contributed by atoms with E-state index < -0.39 is 0 Å². The van der Waals surface area contributed by atoms with Crippen LogP contribution in [0, 0.1) is 6.92 Å². The third-order valence-corrected chi connectivity index (χ3v) is 4.48. The Kier molecular flexibility index (Phi) is 5.30. The summed E-state index contributed by atoms with van der Waals surface area (Å²) in [6.07, 6.45) is 2.23. The van der Waals surface area contributed by atoms with Gasteiger partial charge in [-0.3, -0.25) is 4.79 Å². The number of amides is 1. The minimum absolute atomic E-state index is 0.0545. The molecule has 1 fully saturated rings. The standard InChI is InChI=1S/C16H19N3O3S/c1-11-5-2-3-7-13(11)15-18-19-16(22-15)23-10-14(20)17-9-12-6-4-8-21-12/h2-3,5,7,12H,4,6,8-10H2,1H3,(H,17,20)/t12-/m1/s1. The highest BCUT2D eigenvalue weighted by Crippen LogP contribution is 2.25. The average molecular weight is 333 g/mol. The first kappa shape index (κ1) is 16.0.